The number of nitrogens with two attached hydrogens (primary N) is 1. The highest BCUT2D eigenvalue weighted by Gasteiger charge is 2.36. The van der Waals surface area contributed by atoms with Gasteiger partial charge in [0, 0.05) is 6.42 Å². The molecule has 0 atom stereocenters. The van der Waals surface area contributed by atoms with E-state index < -0.39 is 5.91 Å². The first-order valence-electron chi connectivity index (χ1n) is 7.31. The predicted octanol–water partition coefficient (Wildman–Crippen LogP) is 2.43. The first-order valence-corrected chi connectivity index (χ1v) is 7.31. The minimum atomic E-state index is -0.501. The highest BCUT2D eigenvalue weighted by atomic mass is 16.1. The summed E-state index contributed by atoms with van der Waals surface area (Å²) in [5, 5.41) is 4.51. The van der Waals surface area contributed by atoms with Crippen molar-refractivity contribution >= 4 is 11.7 Å². The van der Waals surface area contributed by atoms with Gasteiger partial charge in [0.1, 0.15) is 0 Å². The number of aromatic nitrogens is 2. The number of hydrogen-bond donors (Lipinski definition) is 1. The Morgan fingerprint density at radius 3 is 2.64 bits per heavy atom. The van der Waals surface area contributed by atoms with Gasteiger partial charge >= 0.3 is 0 Å². The van der Waals surface area contributed by atoms with E-state index in [2.05, 4.69) is 18.9 Å². The summed E-state index contributed by atoms with van der Waals surface area (Å²) < 4.78 is 1.71. The molecule has 1 aromatic carbocycles. The fourth-order valence-corrected chi connectivity index (χ4v) is 3.21. The number of fused-ring (bicyclic) bond motifs is 1. The van der Waals surface area contributed by atoms with Crippen molar-refractivity contribution in [3.05, 3.63) is 46.8 Å². The molecule has 0 unspecified atom stereocenters. The molecule has 1 aromatic heterocycles. The third-order valence-corrected chi connectivity index (χ3v) is 4.12. The lowest BCUT2D eigenvalue weighted by molar-refractivity contribution is 0.0910. The van der Waals surface area contributed by atoms with E-state index in [0.717, 1.165) is 12.1 Å². The van der Waals surface area contributed by atoms with Gasteiger partial charge in [-0.25, -0.2) is 4.68 Å². The van der Waals surface area contributed by atoms with Crippen molar-refractivity contribution in [2.24, 2.45) is 11.1 Å². The molecule has 2 aromatic rings. The van der Waals surface area contributed by atoms with Crippen molar-refractivity contribution in [1.82, 2.24) is 9.78 Å². The molecule has 1 amide bonds. The Balaban J connectivity index is 2.25. The topological polar surface area (TPSA) is 78.0 Å². The van der Waals surface area contributed by atoms with Crippen molar-refractivity contribution in [2.75, 3.05) is 0 Å². The number of amides is 1. The number of Topliss-reactive ketones (excluding diaryl/α,β-unsaturated/α-hetero) is 1. The zero-order chi connectivity index (χ0) is 16.1. The molecule has 22 heavy (non-hydrogen) atoms. The van der Waals surface area contributed by atoms with Crippen LogP contribution in [-0.2, 0) is 6.42 Å². The summed E-state index contributed by atoms with van der Waals surface area (Å²) in [6.07, 6.45) is 1.26. The van der Waals surface area contributed by atoms with Crippen LogP contribution in [0.2, 0.25) is 0 Å². The molecular weight excluding hydrogens is 278 g/mol. The minimum absolute atomic E-state index is 0.115. The molecule has 0 saturated heterocycles. The van der Waals surface area contributed by atoms with Crippen LogP contribution in [0.5, 0.6) is 0 Å². The molecule has 3 rings (SSSR count). The smallest absolute Gasteiger partial charge is 0.250 e. The van der Waals surface area contributed by atoms with Gasteiger partial charge < -0.3 is 5.73 Å². The zero-order valence-electron chi connectivity index (χ0n) is 13.0. The number of benzene rings is 1. The van der Waals surface area contributed by atoms with Gasteiger partial charge in [-0.15, -0.1) is 0 Å². The molecule has 0 bridgehead atoms. The fourth-order valence-electron chi connectivity index (χ4n) is 3.21. The fraction of sp³-hybridized carbons (Fsp3) is 0.353. The normalized spacial score (nSPS) is 16.4. The average molecular weight is 297 g/mol. The quantitative estimate of drug-likeness (QED) is 0.924. The van der Waals surface area contributed by atoms with Crippen LogP contribution >= 0.6 is 0 Å². The van der Waals surface area contributed by atoms with E-state index in [1.165, 1.54) is 0 Å². The van der Waals surface area contributed by atoms with Crippen molar-refractivity contribution < 1.29 is 9.59 Å². The van der Waals surface area contributed by atoms with Crippen molar-refractivity contribution in [3.63, 3.8) is 0 Å². The molecule has 1 aliphatic rings. The van der Waals surface area contributed by atoms with Crippen molar-refractivity contribution in [3.8, 4) is 5.69 Å². The molecule has 0 radical (unpaired) electrons. The molecule has 5 nitrogen and oxygen atoms in total. The summed E-state index contributed by atoms with van der Waals surface area (Å²) in [5.41, 5.74) is 8.65. The van der Waals surface area contributed by atoms with Gasteiger partial charge in [0.05, 0.1) is 28.2 Å². The number of hydrogen-bond acceptors (Lipinski definition) is 3. The second kappa shape index (κ2) is 4.80. The first-order chi connectivity index (χ1) is 10.3. The van der Waals surface area contributed by atoms with E-state index in [0.29, 0.717) is 28.9 Å². The summed E-state index contributed by atoms with van der Waals surface area (Å²) in [6, 6.07) is 7.08. The standard InChI is InChI=1S/C17H19N3O2/c1-10-15-13(8-17(2,3)9-14(15)21)20(19-10)12-7-5-4-6-11(12)16(18)22/h4-7H,8-9H2,1-3H3,(H2,18,22). The van der Waals surface area contributed by atoms with E-state index in [1.54, 1.807) is 22.9 Å². The van der Waals surface area contributed by atoms with Gasteiger partial charge in [-0.1, -0.05) is 26.0 Å². The molecule has 0 fully saturated rings. The van der Waals surface area contributed by atoms with E-state index in [1.807, 2.05) is 13.0 Å². The molecular formula is C17H19N3O2. The Bertz CT molecular complexity index is 787. The maximum atomic E-state index is 12.4. The molecule has 1 aliphatic carbocycles. The summed E-state index contributed by atoms with van der Waals surface area (Å²) in [6.45, 7) is 5.97. The molecule has 0 saturated carbocycles. The number of primary amides is 1. The minimum Gasteiger partial charge on any atom is -0.366 e. The van der Waals surface area contributed by atoms with Crippen LogP contribution in [0, 0.1) is 12.3 Å². The van der Waals surface area contributed by atoms with E-state index >= 15 is 0 Å². The number of para-hydroxylation sites is 1. The third kappa shape index (κ3) is 2.22. The van der Waals surface area contributed by atoms with Crippen molar-refractivity contribution in [1.29, 1.82) is 0 Å². The molecule has 1 heterocycles. The monoisotopic (exact) mass is 297 g/mol. The lowest BCUT2D eigenvalue weighted by atomic mass is 9.75. The van der Waals surface area contributed by atoms with Gasteiger partial charge in [0.2, 0.25) is 0 Å². The molecule has 2 N–H and O–H groups in total. The second-order valence-electron chi connectivity index (χ2n) is 6.64. The number of aryl methyl sites for hydroxylation is 1. The summed E-state index contributed by atoms with van der Waals surface area (Å²) in [4.78, 5) is 24.1. The van der Waals surface area contributed by atoms with Crippen LogP contribution < -0.4 is 5.73 Å². The van der Waals surface area contributed by atoms with Crippen LogP contribution in [0.3, 0.4) is 0 Å². The lowest BCUT2D eigenvalue weighted by Crippen LogP contribution is -2.28. The predicted molar refractivity (Wildman–Crippen MR) is 83.3 cm³/mol. The van der Waals surface area contributed by atoms with Crippen molar-refractivity contribution in [2.45, 2.75) is 33.6 Å². The van der Waals surface area contributed by atoms with Gasteiger partial charge in [-0.2, -0.15) is 5.10 Å². The number of carbonyl (C=O) groups is 2. The second-order valence-corrected chi connectivity index (χ2v) is 6.64. The third-order valence-electron chi connectivity index (χ3n) is 4.12. The van der Waals surface area contributed by atoms with Crippen LogP contribution in [0.1, 0.15) is 52.4 Å². The van der Waals surface area contributed by atoms with Crippen LogP contribution in [-0.4, -0.2) is 21.5 Å². The van der Waals surface area contributed by atoms with E-state index in [-0.39, 0.29) is 11.2 Å². The summed E-state index contributed by atoms with van der Waals surface area (Å²) in [5.74, 6) is -0.384. The highest BCUT2D eigenvalue weighted by Crippen LogP contribution is 2.37. The maximum Gasteiger partial charge on any atom is 0.250 e. The first kappa shape index (κ1) is 14.5. The highest BCUT2D eigenvalue weighted by molar-refractivity contribution is 6.00. The average Bonchev–Trinajstić information content (AvgIpc) is 2.74. The Hall–Kier alpha value is -2.43. The number of carbonyl (C=O) groups excluding carboxylic acids is 2. The van der Waals surface area contributed by atoms with Crippen LogP contribution in [0.15, 0.2) is 24.3 Å². The van der Waals surface area contributed by atoms with Crippen LogP contribution in [0.25, 0.3) is 5.69 Å². The zero-order valence-corrected chi connectivity index (χ0v) is 13.0. The SMILES string of the molecule is Cc1nn(-c2ccccc2C(N)=O)c2c1C(=O)CC(C)(C)C2. The van der Waals surface area contributed by atoms with E-state index in [4.69, 9.17) is 5.73 Å². The number of ketones is 1. The largest absolute Gasteiger partial charge is 0.366 e. The number of rotatable bonds is 2. The molecule has 5 heteroatoms. The number of nitrogens with zero attached hydrogens (tertiary/aromatic N) is 2. The Morgan fingerprint density at radius 1 is 1.27 bits per heavy atom. The van der Waals surface area contributed by atoms with Gasteiger partial charge in [0.25, 0.3) is 5.91 Å². The Morgan fingerprint density at radius 2 is 1.95 bits per heavy atom. The molecule has 0 aliphatic heterocycles. The van der Waals surface area contributed by atoms with Gasteiger partial charge in [-0.3, -0.25) is 9.59 Å². The van der Waals surface area contributed by atoms with Gasteiger partial charge in [-0.05, 0) is 30.9 Å². The molecule has 0 spiro atoms. The van der Waals surface area contributed by atoms with E-state index in [9.17, 15) is 9.59 Å². The molecule has 114 valence electrons. The lowest BCUT2D eigenvalue weighted by Gasteiger charge is -2.29. The van der Waals surface area contributed by atoms with Gasteiger partial charge in [0.15, 0.2) is 5.78 Å². The Labute approximate surface area is 129 Å². The summed E-state index contributed by atoms with van der Waals surface area (Å²) in [7, 11) is 0. The Kier molecular flexibility index (Phi) is 3.16. The summed E-state index contributed by atoms with van der Waals surface area (Å²) >= 11 is 0. The van der Waals surface area contributed by atoms with Crippen LogP contribution in [0.4, 0.5) is 0 Å². The maximum absolute atomic E-state index is 12.4.